The van der Waals surface area contributed by atoms with Crippen molar-refractivity contribution in [2.45, 2.75) is 6.54 Å². The van der Waals surface area contributed by atoms with Crippen LogP contribution in [0.15, 0.2) is 34.9 Å². The van der Waals surface area contributed by atoms with Gasteiger partial charge in [-0.25, -0.2) is 0 Å². The number of halogens is 2. The van der Waals surface area contributed by atoms with Crippen LogP contribution >= 0.6 is 27.5 Å². The highest BCUT2D eigenvalue weighted by molar-refractivity contribution is 9.10. The van der Waals surface area contributed by atoms with Crippen molar-refractivity contribution in [1.29, 1.82) is 0 Å². The summed E-state index contributed by atoms with van der Waals surface area (Å²) in [6.45, 7) is 0.377. The quantitative estimate of drug-likeness (QED) is 0.942. The fourth-order valence-corrected chi connectivity index (χ4v) is 2.08. The lowest BCUT2D eigenvalue weighted by Crippen LogP contribution is -2.23. The lowest BCUT2D eigenvalue weighted by atomic mass is 10.2. The Morgan fingerprint density at radius 2 is 2.28 bits per heavy atom. The number of carbonyl (C=O) groups is 1. The summed E-state index contributed by atoms with van der Waals surface area (Å²) in [6.07, 6.45) is 1.83. The summed E-state index contributed by atoms with van der Waals surface area (Å²) in [5, 5.41) is 7.37. The number of carbonyl (C=O) groups excluding carboxylic acids is 1. The van der Waals surface area contributed by atoms with Crippen molar-refractivity contribution < 1.29 is 4.79 Å². The minimum Gasteiger partial charge on any atom is -0.346 e. The number of hydrogen-bond acceptors (Lipinski definition) is 2. The van der Waals surface area contributed by atoms with Crippen LogP contribution in [0, 0.1) is 0 Å². The number of benzene rings is 1. The van der Waals surface area contributed by atoms with Gasteiger partial charge in [-0.05, 0) is 34.1 Å². The number of aromatic nitrogens is 2. The SMILES string of the molecule is Cn1ccc(CNC(=O)c2cccc(Br)c2Cl)n1. The third-order valence-corrected chi connectivity index (χ3v) is 3.69. The Morgan fingerprint density at radius 1 is 1.50 bits per heavy atom. The van der Waals surface area contributed by atoms with Crippen LogP contribution < -0.4 is 5.32 Å². The Labute approximate surface area is 118 Å². The fourth-order valence-electron chi connectivity index (χ4n) is 1.50. The van der Waals surface area contributed by atoms with Crippen LogP contribution in [0.5, 0.6) is 0 Å². The number of hydrogen-bond donors (Lipinski definition) is 1. The van der Waals surface area contributed by atoms with E-state index >= 15 is 0 Å². The Morgan fingerprint density at radius 3 is 2.94 bits per heavy atom. The molecule has 2 aromatic rings. The van der Waals surface area contributed by atoms with Crippen molar-refractivity contribution in [2.24, 2.45) is 7.05 Å². The van der Waals surface area contributed by atoms with Gasteiger partial charge in [-0.15, -0.1) is 0 Å². The average Bonchev–Trinajstić information content (AvgIpc) is 2.76. The van der Waals surface area contributed by atoms with E-state index in [2.05, 4.69) is 26.3 Å². The van der Waals surface area contributed by atoms with E-state index in [0.717, 1.165) is 5.69 Å². The van der Waals surface area contributed by atoms with Crippen LogP contribution in [-0.2, 0) is 13.6 Å². The maximum atomic E-state index is 11.9. The number of amides is 1. The maximum absolute atomic E-state index is 11.9. The first-order valence-electron chi connectivity index (χ1n) is 5.28. The molecule has 1 heterocycles. The monoisotopic (exact) mass is 327 g/mol. The summed E-state index contributed by atoms with van der Waals surface area (Å²) in [7, 11) is 1.83. The summed E-state index contributed by atoms with van der Waals surface area (Å²) in [5.41, 5.74) is 1.25. The van der Waals surface area contributed by atoms with Gasteiger partial charge < -0.3 is 5.32 Å². The molecule has 0 bridgehead atoms. The smallest absolute Gasteiger partial charge is 0.253 e. The third-order valence-electron chi connectivity index (χ3n) is 2.40. The first-order chi connectivity index (χ1) is 8.58. The molecule has 1 N–H and O–H groups in total. The Kier molecular flexibility index (Phi) is 4.04. The molecule has 0 fully saturated rings. The van der Waals surface area contributed by atoms with Gasteiger partial charge in [0.1, 0.15) is 0 Å². The highest BCUT2D eigenvalue weighted by atomic mass is 79.9. The van der Waals surface area contributed by atoms with Crippen molar-refractivity contribution >= 4 is 33.4 Å². The summed E-state index contributed by atoms with van der Waals surface area (Å²) < 4.78 is 2.39. The molecule has 0 aliphatic rings. The fraction of sp³-hybridized carbons (Fsp3) is 0.167. The molecule has 4 nitrogen and oxygen atoms in total. The number of rotatable bonds is 3. The van der Waals surface area contributed by atoms with Crippen molar-refractivity contribution in [3.05, 3.63) is 51.2 Å². The molecule has 1 aromatic heterocycles. The van der Waals surface area contributed by atoms with E-state index in [1.165, 1.54) is 0 Å². The van der Waals surface area contributed by atoms with Crippen molar-refractivity contribution in [3.63, 3.8) is 0 Å². The van der Waals surface area contributed by atoms with Crippen LogP contribution in [0.25, 0.3) is 0 Å². The number of nitrogens with one attached hydrogen (secondary N) is 1. The van der Waals surface area contributed by atoms with Crippen LogP contribution in [0.4, 0.5) is 0 Å². The average molecular weight is 329 g/mol. The Hall–Kier alpha value is -1.33. The molecule has 0 aliphatic carbocycles. The highest BCUT2D eigenvalue weighted by Gasteiger charge is 2.12. The lowest BCUT2D eigenvalue weighted by Gasteiger charge is -2.06. The molecule has 1 aromatic carbocycles. The minimum atomic E-state index is -0.216. The van der Waals surface area contributed by atoms with Crippen LogP contribution in [0.3, 0.4) is 0 Å². The molecule has 18 heavy (non-hydrogen) atoms. The summed E-state index contributed by atoms with van der Waals surface area (Å²) >= 11 is 9.33. The molecule has 0 saturated heterocycles. The van der Waals surface area contributed by atoms with Crippen molar-refractivity contribution in [2.75, 3.05) is 0 Å². The second-order valence-electron chi connectivity index (χ2n) is 3.76. The number of nitrogens with zero attached hydrogens (tertiary/aromatic N) is 2. The van der Waals surface area contributed by atoms with Gasteiger partial charge in [-0.2, -0.15) is 5.10 Å². The maximum Gasteiger partial charge on any atom is 0.253 e. The number of aryl methyl sites for hydroxylation is 1. The van der Waals surface area contributed by atoms with E-state index in [-0.39, 0.29) is 5.91 Å². The molecule has 0 spiro atoms. The molecule has 2 rings (SSSR count). The van der Waals surface area contributed by atoms with Gasteiger partial charge in [0.15, 0.2) is 0 Å². The molecule has 6 heteroatoms. The van der Waals surface area contributed by atoms with E-state index < -0.39 is 0 Å². The standard InChI is InChI=1S/C12H11BrClN3O/c1-17-6-5-8(16-17)7-15-12(18)9-3-2-4-10(13)11(9)14/h2-6H,7H2,1H3,(H,15,18). The molecule has 1 amide bonds. The van der Waals surface area contributed by atoms with Gasteiger partial charge in [-0.3, -0.25) is 9.48 Å². The molecular weight excluding hydrogens is 318 g/mol. The Bertz CT molecular complexity index is 582. The predicted molar refractivity (Wildman–Crippen MR) is 73.5 cm³/mol. The largest absolute Gasteiger partial charge is 0.346 e. The highest BCUT2D eigenvalue weighted by Crippen LogP contribution is 2.25. The van der Waals surface area contributed by atoms with Crippen molar-refractivity contribution in [3.8, 4) is 0 Å². The molecule has 0 radical (unpaired) electrons. The molecule has 0 aliphatic heterocycles. The minimum absolute atomic E-state index is 0.216. The molecule has 0 atom stereocenters. The van der Waals surface area contributed by atoms with Crippen molar-refractivity contribution in [1.82, 2.24) is 15.1 Å². The zero-order valence-electron chi connectivity index (χ0n) is 9.65. The summed E-state index contributed by atoms with van der Waals surface area (Å²) in [5.74, 6) is -0.216. The molecule has 0 unspecified atom stereocenters. The van der Waals surface area contributed by atoms with Gasteiger partial charge >= 0.3 is 0 Å². The molecule has 0 saturated carbocycles. The topological polar surface area (TPSA) is 46.9 Å². The van der Waals surface area contributed by atoms with E-state index in [1.54, 1.807) is 22.9 Å². The lowest BCUT2D eigenvalue weighted by molar-refractivity contribution is 0.0950. The van der Waals surface area contributed by atoms with Gasteiger partial charge in [0.05, 0.1) is 22.8 Å². The van der Waals surface area contributed by atoms with E-state index in [9.17, 15) is 4.79 Å². The normalized spacial score (nSPS) is 10.4. The molecule has 94 valence electrons. The summed E-state index contributed by atoms with van der Waals surface area (Å²) in [4.78, 5) is 11.9. The zero-order chi connectivity index (χ0) is 13.1. The van der Waals surface area contributed by atoms with E-state index in [1.807, 2.05) is 19.3 Å². The second-order valence-corrected chi connectivity index (χ2v) is 5.00. The van der Waals surface area contributed by atoms with Gasteiger partial charge in [0.2, 0.25) is 0 Å². The van der Waals surface area contributed by atoms with E-state index in [0.29, 0.717) is 21.6 Å². The predicted octanol–water partition coefficient (Wildman–Crippen LogP) is 2.77. The third kappa shape index (κ3) is 2.91. The van der Waals surface area contributed by atoms with Crippen LogP contribution in [0.1, 0.15) is 16.1 Å². The Balaban J connectivity index is 2.06. The first kappa shape index (κ1) is 13.1. The first-order valence-corrected chi connectivity index (χ1v) is 6.46. The molecular formula is C12H11BrClN3O. The van der Waals surface area contributed by atoms with E-state index in [4.69, 9.17) is 11.6 Å². The zero-order valence-corrected chi connectivity index (χ0v) is 12.0. The van der Waals surface area contributed by atoms with Gasteiger partial charge in [0.25, 0.3) is 5.91 Å². The second kappa shape index (κ2) is 5.54. The van der Waals surface area contributed by atoms with Gasteiger partial charge in [0, 0.05) is 17.7 Å². The van der Waals surface area contributed by atoms with Gasteiger partial charge in [-0.1, -0.05) is 17.7 Å². The van der Waals surface area contributed by atoms with Crippen LogP contribution in [-0.4, -0.2) is 15.7 Å². The summed E-state index contributed by atoms with van der Waals surface area (Å²) in [6, 6.07) is 7.09. The van der Waals surface area contributed by atoms with Crippen LogP contribution in [0.2, 0.25) is 5.02 Å².